The Kier molecular flexibility index (Phi) is 11.1. The van der Waals surface area contributed by atoms with Crippen LogP contribution in [0.1, 0.15) is 82.1 Å². The van der Waals surface area contributed by atoms with E-state index in [0.29, 0.717) is 4.90 Å². The van der Waals surface area contributed by atoms with Crippen molar-refractivity contribution in [1.29, 1.82) is 0 Å². The molecule has 0 bridgehead atoms. The van der Waals surface area contributed by atoms with Crippen LogP contribution in [-0.2, 0) is 32.6 Å². The highest BCUT2D eigenvalue weighted by atomic mass is 31.2. The van der Waals surface area contributed by atoms with Gasteiger partial charge in [0.25, 0.3) is 0 Å². The smallest absolute Gasteiger partial charge is 0.420 e. The summed E-state index contributed by atoms with van der Waals surface area (Å²) in [6.45, 7) is 16.4. The van der Waals surface area contributed by atoms with Crippen LogP contribution < -0.4 is 0 Å². The van der Waals surface area contributed by atoms with Crippen LogP contribution in [0.25, 0.3) is 0 Å². The molecule has 0 radical (unpaired) electrons. The lowest BCUT2D eigenvalue weighted by molar-refractivity contribution is -0.161. The van der Waals surface area contributed by atoms with E-state index in [9.17, 15) is 18.9 Å². The summed E-state index contributed by atoms with van der Waals surface area (Å²) in [4.78, 5) is 39.8. The Bertz CT molecular complexity index is 696. The Labute approximate surface area is 198 Å². The quantitative estimate of drug-likeness (QED) is 0.243. The second kappa shape index (κ2) is 11.7. The molecule has 0 N–H and O–H groups in total. The summed E-state index contributed by atoms with van der Waals surface area (Å²) < 4.78 is 39.0. The molecule has 0 saturated carbocycles. The molecule has 0 aliphatic rings. The van der Waals surface area contributed by atoms with E-state index in [-0.39, 0.29) is 12.8 Å². The maximum absolute atomic E-state index is 13.1. The van der Waals surface area contributed by atoms with Gasteiger partial charge in [-0.15, -0.1) is 0 Å². The molecule has 0 aliphatic heterocycles. The number of ether oxygens (including phenoxy) is 3. The number of rotatable bonds is 8. The Morgan fingerprint density at radius 2 is 1.09 bits per heavy atom. The van der Waals surface area contributed by atoms with E-state index < -0.39 is 54.3 Å². The molecule has 10 nitrogen and oxygen atoms in total. The monoisotopic (exact) mass is 495 g/mol. The first-order valence-electron chi connectivity index (χ1n) is 10.8. The van der Waals surface area contributed by atoms with Crippen molar-refractivity contribution in [2.75, 3.05) is 14.2 Å². The van der Waals surface area contributed by atoms with Gasteiger partial charge in [-0.1, -0.05) is 6.92 Å². The fourth-order valence-corrected chi connectivity index (χ4v) is 4.00. The number of imide groups is 1. The Hall–Kier alpha value is -1.64. The number of carbonyl (C=O) groups is 3. The number of amides is 2. The van der Waals surface area contributed by atoms with Crippen LogP contribution in [0, 0.1) is 0 Å². The normalized spacial score (nSPS) is 14.8. The molecule has 0 spiro atoms. The van der Waals surface area contributed by atoms with E-state index in [2.05, 4.69) is 0 Å². The van der Waals surface area contributed by atoms with Gasteiger partial charge in [0.05, 0.1) is 5.66 Å². The van der Waals surface area contributed by atoms with Crippen molar-refractivity contribution in [3.63, 3.8) is 0 Å². The van der Waals surface area contributed by atoms with Gasteiger partial charge >= 0.3 is 25.8 Å². The molecular formula is C22H42NO9P. The van der Waals surface area contributed by atoms with Gasteiger partial charge in [-0.05, 0) is 75.2 Å². The Morgan fingerprint density at radius 3 is 1.39 bits per heavy atom. The van der Waals surface area contributed by atoms with Gasteiger partial charge < -0.3 is 23.3 Å². The van der Waals surface area contributed by atoms with Crippen molar-refractivity contribution in [3.8, 4) is 0 Å². The molecule has 0 fully saturated rings. The fourth-order valence-electron chi connectivity index (χ4n) is 2.66. The van der Waals surface area contributed by atoms with Crippen molar-refractivity contribution < 1.29 is 42.2 Å². The van der Waals surface area contributed by atoms with Gasteiger partial charge in [-0.2, -0.15) is 4.90 Å². The van der Waals surface area contributed by atoms with E-state index in [1.807, 2.05) is 0 Å². The lowest BCUT2D eigenvalue weighted by Crippen LogP contribution is -2.53. The summed E-state index contributed by atoms with van der Waals surface area (Å²) in [5.41, 5.74) is -3.39. The second-order valence-electron chi connectivity index (χ2n) is 10.7. The molecule has 0 rings (SSSR count). The summed E-state index contributed by atoms with van der Waals surface area (Å²) in [5.74, 6) is -0.823. The van der Waals surface area contributed by atoms with E-state index >= 15 is 0 Å². The number of hydrogen-bond acceptors (Lipinski definition) is 9. The number of carbonyl (C=O) groups excluding carboxylic acids is 3. The minimum absolute atomic E-state index is 0.0781. The molecular weight excluding hydrogens is 453 g/mol. The zero-order valence-electron chi connectivity index (χ0n) is 22.1. The van der Waals surface area contributed by atoms with Crippen LogP contribution in [0.4, 0.5) is 9.59 Å². The third-order valence-electron chi connectivity index (χ3n) is 4.08. The molecule has 0 aliphatic carbocycles. The van der Waals surface area contributed by atoms with E-state index in [4.69, 9.17) is 23.3 Å². The third kappa shape index (κ3) is 11.4. The molecule has 1 unspecified atom stereocenters. The van der Waals surface area contributed by atoms with Crippen molar-refractivity contribution in [2.24, 2.45) is 0 Å². The summed E-state index contributed by atoms with van der Waals surface area (Å²) in [6, 6.07) is -1.39. The average Bonchev–Trinajstić information content (AvgIpc) is 2.59. The van der Waals surface area contributed by atoms with Gasteiger partial charge in [0.2, 0.25) is 0 Å². The van der Waals surface area contributed by atoms with Crippen LogP contribution in [0.5, 0.6) is 0 Å². The van der Waals surface area contributed by atoms with Crippen molar-refractivity contribution >= 4 is 25.8 Å². The lowest BCUT2D eigenvalue weighted by atomic mass is 10.1. The first kappa shape index (κ1) is 31.4. The number of nitrogens with zero attached hydrogens (tertiary/aromatic N) is 1. The molecule has 194 valence electrons. The topological polar surface area (TPSA) is 118 Å². The Morgan fingerprint density at radius 1 is 0.727 bits per heavy atom. The van der Waals surface area contributed by atoms with Crippen LogP contribution >= 0.6 is 7.60 Å². The van der Waals surface area contributed by atoms with Gasteiger partial charge in [-0.3, -0.25) is 4.57 Å². The molecule has 0 aromatic carbocycles. The molecule has 2 atom stereocenters. The maximum atomic E-state index is 13.1. The van der Waals surface area contributed by atoms with Crippen LogP contribution in [0.2, 0.25) is 0 Å². The van der Waals surface area contributed by atoms with Gasteiger partial charge in [-0.25, -0.2) is 14.4 Å². The average molecular weight is 496 g/mol. The Balaban J connectivity index is 6.27. The van der Waals surface area contributed by atoms with Crippen LogP contribution in [-0.4, -0.2) is 65.8 Å². The lowest BCUT2D eigenvalue weighted by Gasteiger charge is -2.34. The summed E-state index contributed by atoms with van der Waals surface area (Å²) in [7, 11) is -0.920. The molecule has 0 saturated heterocycles. The van der Waals surface area contributed by atoms with E-state index in [1.165, 1.54) is 14.2 Å². The fraction of sp³-hybridized carbons (Fsp3) is 0.864. The van der Waals surface area contributed by atoms with E-state index in [0.717, 1.165) is 0 Å². The molecule has 0 aromatic heterocycles. The summed E-state index contributed by atoms with van der Waals surface area (Å²) >= 11 is 0. The summed E-state index contributed by atoms with van der Waals surface area (Å²) in [5, 5.41) is 0. The first-order valence-corrected chi connectivity index (χ1v) is 12.5. The minimum atomic E-state index is -3.45. The highest BCUT2D eigenvalue weighted by Gasteiger charge is 2.43. The third-order valence-corrected chi connectivity index (χ3v) is 6.43. The summed E-state index contributed by atoms with van der Waals surface area (Å²) in [6.07, 6.45) is -2.07. The molecule has 2 amide bonds. The number of esters is 1. The van der Waals surface area contributed by atoms with Gasteiger partial charge in [0.1, 0.15) is 22.8 Å². The van der Waals surface area contributed by atoms with Gasteiger partial charge in [0, 0.05) is 14.2 Å². The molecule has 33 heavy (non-hydrogen) atoms. The predicted molar refractivity (Wildman–Crippen MR) is 124 cm³/mol. The molecule has 11 heteroatoms. The minimum Gasteiger partial charge on any atom is -0.458 e. The van der Waals surface area contributed by atoms with Crippen LogP contribution in [0.15, 0.2) is 0 Å². The predicted octanol–water partition coefficient (Wildman–Crippen LogP) is 5.52. The number of hydrogen-bond donors (Lipinski definition) is 0. The largest absolute Gasteiger partial charge is 0.458 e. The maximum Gasteiger partial charge on any atom is 0.420 e. The van der Waals surface area contributed by atoms with E-state index in [1.54, 1.807) is 69.2 Å². The highest BCUT2D eigenvalue weighted by molar-refractivity contribution is 7.54. The highest BCUT2D eigenvalue weighted by Crippen LogP contribution is 2.53. The molecule has 0 heterocycles. The molecule has 0 aromatic rings. The second-order valence-corrected chi connectivity index (χ2v) is 13.4. The van der Waals surface area contributed by atoms with Crippen molar-refractivity contribution in [1.82, 2.24) is 4.90 Å². The van der Waals surface area contributed by atoms with Crippen molar-refractivity contribution in [3.05, 3.63) is 0 Å². The van der Waals surface area contributed by atoms with Gasteiger partial charge in [0.15, 0.2) is 0 Å². The standard InChI is InChI=1S/C22H42NO9P/c1-15(33(27,28-11)29-12)13-14-16(17(24)30-20(2,3)4)23(18(25)31-21(5,6)7)19(26)32-22(8,9)10/h15-16H,13-14H2,1-12H3/t15?,16-/m0/s1. The first-order chi connectivity index (χ1) is 14.7. The van der Waals surface area contributed by atoms with Crippen molar-refractivity contribution in [2.45, 2.75) is 111 Å². The van der Waals surface area contributed by atoms with Crippen LogP contribution in [0.3, 0.4) is 0 Å². The zero-order chi connectivity index (χ0) is 26.4. The zero-order valence-corrected chi connectivity index (χ0v) is 23.0. The SMILES string of the molecule is COP(=O)(OC)C(C)CC[C@@H](C(=O)OC(C)(C)C)N(C(=O)OC(C)(C)C)C(=O)OC(C)(C)C.